The molecule has 1 amide bonds. The lowest BCUT2D eigenvalue weighted by Gasteiger charge is -2.58. The standard InChI is InChI=1S/C23H26ClNO4/c1-14(19-7-17-4-2-3-5-18(17)29-19)25-20(26)12-28-21(27)22-8-15-6-16(9-22)11-23(24,10-15)13-22/h2-5,7,14-16H,6,8-13H2,1H3,(H,25,26)/t14-,15-,16+,22?,23?/m1/s1. The van der Waals surface area contributed by atoms with E-state index in [1.807, 2.05) is 37.3 Å². The van der Waals surface area contributed by atoms with Gasteiger partial charge in [-0.25, -0.2) is 0 Å². The second-order valence-electron chi connectivity index (χ2n) is 9.44. The van der Waals surface area contributed by atoms with E-state index in [9.17, 15) is 9.59 Å². The van der Waals surface area contributed by atoms with Crippen molar-refractivity contribution in [3.63, 3.8) is 0 Å². The van der Waals surface area contributed by atoms with Gasteiger partial charge in [0.25, 0.3) is 5.91 Å². The number of carbonyl (C=O) groups excluding carboxylic acids is 2. The number of fused-ring (bicyclic) bond motifs is 1. The Balaban J connectivity index is 1.19. The zero-order valence-electron chi connectivity index (χ0n) is 16.6. The molecule has 1 aromatic carbocycles. The summed E-state index contributed by atoms with van der Waals surface area (Å²) in [6.07, 6.45) is 5.59. The van der Waals surface area contributed by atoms with Crippen LogP contribution in [0.5, 0.6) is 0 Å². The normalized spacial score (nSPS) is 33.6. The number of hydrogen-bond acceptors (Lipinski definition) is 4. The summed E-state index contributed by atoms with van der Waals surface area (Å²) >= 11 is 6.80. The molecule has 1 heterocycles. The van der Waals surface area contributed by atoms with Gasteiger partial charge >= 0.3 is 5.97 Å². The van der Waals surface area contributed by atoms with Gasteiger partial charge in [0.15, 0.2) is 6.61 Å². The van der Waals surface area contributed by atoms with E-state index >= 15 is 0 Å². The number of halogens is 1. The first-order chi connectivity index (χ1) is 13.8. The second-order valence-corrected chi connectivity index (χ2v) is 10.2. The van der Waals surface area contributed by atoms with E-state index in [4.69, 9.17) is 20.8 Å². The highest BCUT2D eigenvalue weighted by Gasteiger charge is 2.60. The van der Waals surface area contributed by atoms with Gasteiger partial charge in [0.1, 0.15) is 11.3 Å². The molecule has 4 aliphatic carbocycles. The Hall–Kier alpha value is -2.01. The lowest BCUT2D eigenvalue weighted by molar-refractivity contribution is -0.171. The van der Waals surface area contributed by atoms with E-state index in [1.54, 1.807) is 0 Å². The predicted molar refractivity (Wildman–Crippen MR) is 109 cm³/mol. The van der Waals surface area contributed by atoms with Crippen molar-refractivity contribution in [3.05, 3.63) is 36.1 Å². The van der Waals surface area contributed by atoms with Crippen molar-refractivity contribution < 1.29 is 18.7 Å². The zero-order chi connectivity index (χ0) is 20.2. The number of benzene rings is 1. The van der Waals surface area contributed by atoms with Crippen molar-refractivity contribution in [1.29, 1.82) is 0 Å². The Morgan fingerprint density at radius 2 is 1.97 bits per heavy atom. The van der Waals surface area contributed by atoms with Crippen LogP contribution in [0, 0.1) is 17.3 Å². The molecule has 0 saturated heterocycles. The Kier molecular flexibility index (Phi) is 4.43. The maximum atomic E-state index is 12.9. The van der Waals surface area contributed by atoms with Crippen LogP contribution < -0.4 is 5.32 Å². The minimum absolute atomic E-state index is 0.247. The van der Waals surface area contributed by atoms with Crippen LogP contribution in [0.25, 0.3) is 11.0 Å². The molecule has 6 heteroatoms. The molecule has 4 saturated carbocycles. The first kappa shape index (κ1) is 19.0. The van der Waals surface area contributed by atoms with Gasteiger partial charge in [-0.2, -0.15) is 0 Å². The Morgan fingerprint density at radius 3 is 2.66 bits per heavy atom. The Morgan fingerprint density at radius 1 is 1.24 bits per heavy atom. The van der Waals surface area contributed by atoms with E-state index in [1.165, 1.54) is 6.42 Å². The van der Waals surface area contributed by atoms with Crippen LogP contribution in [0.3, 0.4) is 0 Å². The minimum Gasteiger partial charge on any atom is -0.459 e. The van der Waals surface area contributed by atoms with Gasteiger partial charge in [-0.15, -0.1) is 11.6 Å². The number of furan rings is 1. The van der Waals surface area contributed by atoms with Gasteiger partial charge in [0.05, 0.1) is 11.5 Å². The molecular formula is C23H26ClNO4. The van der Waals surface area contributed by atoms with Crippen LogP contribution >= 0.6 is 11.6 Å². The maximum Gasteiger partial charge on any atom is 0.312 e. The van der Waals surface area contributed by atoms with Gasteiger partial charge in [-0.05, 0) is 69.4 Å². The molecule has 5 atom stereocenters. The Labute approximate surface area is 175 Å². The SMILES string of the molecule is C[C@@H](NC(=O)COC(=O)C12C[C@@H]3C[C@@H](CC(Cl)(C3)C1)C2)c1cc2ccccc2o1. The number of esters is 1. The molecule has 1 aromatic heterocycles. The number of carbonyl (C=O) groups is 2. The third kappa shape index (κ3) is 3.43. The average Bonchev–Trinajstić information content (AvgIpc) is 3.08. The smallest absolute Gasteiger partial charge is 0.312 e. The predicted octanol–water partition coefficient (Wildman–Crippen LogP) is 4.73. The Bertz CT molecular complexity index is 920. The van der Waals surface area contributed by atoms with Crippen LogP contribution in [-0.4, -0.2) is 23.4 Å². The topological polar surface area (TPSA) is 68.5 Å². The van der Waals surface area contributed by atoms with Crippen molar-refractivity contribution >= 4 is 34.4 Å². The minimum atomic E-state index is -0.490. The molecule has 4 aliphatic rings. The highest BCUT2D eigenvalue weighted by atomic mass is 35.5. The van der Waals surface area contributed by atoms with E-state index in [-0.39, 0.29) is 29.4 Å². The number of para-hydroxylation sites is 1. The fourth-order valence-electron chi connectivity index (χ4n) is 6.24. The largest absolute Gasteiger partial charge is 0.459 e. The molecule has 2 unspecified atom stereocenters. The summed E-state index contributed by atoms with van der Waals surface area (Å²) in [5.41, 5.74) is 0.294. The summed E-state index contributed by atoms with van der Waals surface area (Å²) in [4.78, 5) is 25.1. The highest BCUT2D eigenvalue weighted by molar-refractivity contribution is 6.24. The molecule has 29 heavy (non-hydrogen) atoms. The van der Waals surface area contributed by atoms with Gasteiger partial charge in [0.2, 0.25) is 0 Å². The summed E-state index contributed by atoms with van der Waals surface area (Å²) in [6.45, 7) is 1.59. The van der Waals surface area contributed by atoms with Crippen LogP contribution in [0.1, 0.15) is 57.3 Å². The van der Waals surface area contributed by atoms with Crippen LogP contribution in [-0.2, 0) is 14.3 Å². The third-order valence-electron chi connectivity index (χ3n) is 7.01. The molecular weight excluding hydrogens is 390 g/mol. The molecule has 2 aromatic rings. The molecule has 5 nitrogen and oxygen atoms in total. The lowest BCUT2D eigenvalue weighted by Crippen LogP contribution is -2.56. The summed E-state index contributed by atoms with van der Waals surface area (Å²) in [5.74, 6) is 1.14. The van der Waals surface area contributed by atoms with Crippen molar-refractivity contribution in [3.8, 4) is 0 Å². The van der Waals surface area contributed by atoms with Crippen LogP contribution in [0.2, 0.25) is 0 Å². The van der Waals surface area contributed by atoms with Crippen molar-refractivity contribution in [2.45, 2.75) is 56.4 Å². The quantitative estimate of drug-likeness (QED) is 0.566. The fourth-order valence-corrected chi connectivity index (χ4v) is 6.94. The summed E-state index contributed by atoms with van der Waals surface area (Å²) in [6, 6.07) is 9.33. The van der Waals surface area contributed by atoms with Gasteiger partial charge in [-0.1, -0.05) is 18.2 Å². The van der Waals surface area contributed by atoms with Crippen molar-refractivity contribution in [2.24, 2.45) is 17.3 Å². The summed E-state index contributed by atoms with van der Waals surface area (Å²) < 4.78 is 11.3. The third-order valence-corrected chi connectivity index (χ3v) is 7.45. The molecule has 0 aliphatic heterocycles. The highest BCUT2D eigenvalue weighted by Crippen LogP contribution is 2.64. The molecule has 4 bridgehead atoms. The first-order valence-electron chi connectivity index (χ1n) is 10.5. The van der Waals surface area contributed by atoms with Gasteiger partial charge in [-0.3, -0.25) is 9.59 Å². The van der Waals surface area contributed by atoms with E-state index in [0.717, 1.165) is 36.7 Å². The number of rotatable bonds is 5. The molecule has 6 rings (SSSR count). The molecule has 4 fully saturated rings. The van der Waals surface area contributed by atoms with E-state index in [2.05, 4.69) is 5.32 Å². The second kappa shape index (κ2) is 6.76. The number of amides is 1. The van der Waals surface area contributed by atoms with Crippen LogP contribution in [0.4, 0.5) is 0 Å². The molecule has 1 N–H and O–H groups in total. The number of nitrogens with one attached hydrogen (secondary N) is 1. The molecule has 0 radical (unpaired) electrons. The average molecular weight is 416 g/mol. The van der Waals surface area contributed by atoms with Crippen LogP contribution in [0.15, 0.2) is 34.7 Å². The van der Waals surface area contributed by atoms with E-state index in [0.29, 0.717) is 24.0 Å². The summed E-state index contributed by atoms with van der Waals surface area (Å²) in [7, 11) is 0. The monoisotopic (exact) mass is 415 g/mol. The fraction of sp³-hybridized carbons (Fsp3) is 0.565. The lowest BCUT2D eigenvalue weighted by atomic mass is 9.49. The molecule has 154 valence electrons. The number of alkyl halides is 1. The van der Waals surface area contributed by atoms with E-state index < -0.39 is 5.41 Å². The number of hydrogen-bond donors (Lipinski definition) is 1. The van der Waals surface area contributed by atoms with Crippen molar-refractivity contribution in [1.82, 2.24) is 5.32 Å². The first-order valence-corrected chi connectivity index (χ1v) is 10.9. The van der Waals surface area contributed by atoms with Gasteiger partial charge in [0, 0.05) is 10.3 Å². The van der Waals surface area contributed by atoms with Crippen molar-refractivity contribution in [2.75, 3.05) is 6.61 Å². The number of ether oxygens (including phenoxy) is 1. The zero-order valence-corrected chi connectivity index (χ0v) is 17.3. The maximum absolute atomic E-state index is 12.9. The summed E-state index contributed by atoms with van der Waals surface area (Å²) in [5, 5.41) is 3.85. The molecule has 0 spiro atoms. The van der Waals surface area contributed by atoms with Gasteiger partial charge < -0.3 is 14.5 Å².